The fraction of sp³-hybridized carbons (Fsp3) is 0.125. The summed E-state index contributed by atoms with van der Waals surface area (Å²) in [5.74, 6) is -0.446. The highest BCUT2D eigenvalue weighted by molar-refractivity contribution is 6.00. The summed E-state index contributed by atoms with van der Waals surface area (Å²) in [5, 5.41) is 8.83. The van der Waals surface area contributed by atoms with Crippen molar-refractivity contribution >= 4 is 23.0 Å². The molecule has 2 aromatic rings. The number of anilines is 3. The van der Waals surface area contributed by atoms with Crippen molar-refractivity contribution in [2.45, 2.75) is 0 Å². The molecule has 0 unspecified atom stereocenters. The molecular weight excluding hydrogens is 266 g/mol. The van der Waals surface area contributed by atoms with E-state index in [0.717, 1.165) is 5.69 Å². The molecular formula is C16H15N3O2. The summed E-state index contributed by atoms with van der Waals surface area (Å²) in [7, 11) is 3.14. The fourth-order valence-electron chi connectivity index (χ4n) is 2.10. The van der Waals surface area contributed by atoms with Crippen molar-refractivity contribution in [2.75, 3.05) is 24.8 Å². The summed E-state index contributed by atoms with van der Waals surface area (Å²) < 4.78 is 4.79. The van der Waals surface area contributed by atoms with Crippen molar-refractivity contribution in [1.82, 2.24) is 0 Å². The van der Waals surface area contributed by atoms with E-state index in [-0.39, 0.29) is 0 Å². The lowest BCUT2D eigenvalue weighted by Crippen LogP contribution is -2.16. The molecule has 0 saturated carbocycles. The van der Waals surface area contributed by atoms with Gasteiger partial charge in [0.1, 0.15) is 0 Å². The van der Waals surface area contributed by atoms with Gasteiger partial charge in [-0.1, -0.05) is 6.07 Å². The number of methoxy groups -OCH3 is 1. The lowest BCUT2D eigenvalue weighted by Gasteiger charge is -2.23. The van der Waals surface area contributed by atoms with Crippen LogP contribution in [0.5, 0.6) is 0 Å². The minimum atomic E-state index is -0.446. The van der Waals surface area contributed by atoms with Crippen molar-refractivity contribution in [2.24, 2.45) is 0 Å². The van der Waals surface area contributed by atoms with Gasteiger partial charge < -0.3 is 15.4 Å². The molecule has 5 heteroatoms. The van der Waals surface area contributed by atoms with Crippen molar-refractivity contribution in [1.29, 1.82) is 5.26 Å². The van der Waals surface area contributed by atoms with Crippen LogP contribution in [0.4, 0.5) is 17.1 Å². The Hall–Kier alpha value is -3.00. The van der Waals surface area contributed by atoms with Gasteiger partial charge in [-0.3, -0.25) is 0 Å². The maximum Gasteiger partial charge on any atom is 0.340 e. The number of nitriles is 1. The Morgan fingerprint density at radius 3 is 2.48 bits per heavy atom. The maximum absolute atomic E-state index is 11.9. The number of carbonyl (C=O) groups excluding carboxylic acids is 1. The first-order valence-electron chi connectivity index (χ1n) is 6.29. The van der Waals surface area contributed by atoms with Crippen LogP contribution >= 0.6 is 0 Å². The SMILES string of the molecule is COC(=O)c1cccc(N)c1N(C)c1ccc(C#N)cc1. The molecule has 5 nitrogen and oxygen atoms in total. The maximum atomic E-state index is 11.9. The van der Waals surface area contributed by atoms with Crippen LogP contribution in [0.25, 0.3) is 0 Å². The molecule has 0 aliphatic rings. The average molecular weight is 281 g/mol. The molecule has 0 aliphatic carbocycles. The van der Waals surface area contributed by atoms with Crippen LogP contribution in [0, 0.1) is 11.3 Å². The summed E-state index contributed by atoms with van der Waals surface area (Å²) in [5.41, 5.74) is 8.84. The lowest BCUT2D eigenvalue weighted by molar-refractivity contribution is 0.0601. The zero-order chi connectivity index (χ0) is 15.4. The molecule has 21 heavy (non-hydrogen) atoms. The van der Waals surface area contributed by atoms with Crippen molar-refractivity contribution in [3.8, 4) is 6.07 Å². The summed E-state index contributed by atoms with van der Waals surface area (Å²) in [4.78, 5) is 13.7. The fourth-order valence-corrected chi connectivity index (χ4v) is 2.10. The molecule has 0 atom stereocenters. The second kappa shape index (κ2) is 5.97. The van der Waals surface area contributed by atoms with Crippen molar-refractivity contribution < 1.29 is 9.53 Å². The van der Waals surface area contributed by atoms with Crippen LogP contribution in [0.15, 0.2) is 42.5 Å². The number of carbonyl (C=O) groups is 1. The number of nitrogens with zero attached hydrogens (tertiary/aromatic N) is 2. The molecule has 106 valence electrons. The normalized spacial score (nSPS) is 9.76. The van der Waals surface area contributed by atoms with E-state index >= 15 is 0 Å². The summed E-state index contributed by atoms with van der Waals surface area (Å²) >= 11 is 0. The molecule has 0 aromatic heterocycles. The van der Waals surface area contributed by atoms with Gasteiger partial charge in [-0.25, -0.2) is 4.79 Å². The van der Waals surface area contributed by atoms with Crippen LogP contribution in [-0.2, 0) is 4.74 Å². The lowest BCUT2D eigenvalue weighted by atomic mass is 10.1. The molecule has 0 fully saturated rings. The first-order chi connectivity index (χ1) is 10.1. The Balaban J connectivity index is 2.49. The Morgan fingerprint density at radius 1 is 1.24 bits per heavy atom. The van der Waals surface area contributed by atoms with Gasteiger partial charge in [0.25, 0.3) is 0 Å². The first kappa shape index (κ1) is 14.4. The topological polar surface area (TPSA) is 79.3 Å². The van der Waals surface area contributed by atoms with E-state index in [9.17, 15) is 4.79 Å². The Kier molecular flexibility index (Phi) is 4.10. The summed E-state index contributed by atoms with van der Waals surface area (Å²) in [6.45, 7) is 0. The Bertz CT molecular complexity index is 702. The number of nitrogens with two attached hydrogens (primary N) is 1. The quantitative estimate of drug-likeness (QED) is 0.691. The highest BCUT2D eigenvalue weighted by atomic mass is 16.5. The van der Waals surface area contributed by atoms with Gasteiger partial charge in [0.2, 0.25) is 0 Å². The van der Waals surface area contributed by atoms with Gasteiger partial charge in [-0.05, 0) is 36.4 Å². The zero-order valence-electron chi connectivity index (χ0n) is 11.8. The molecule has 2 rings (SSSR count). The molecule has 2 N–H and O–H groups in total. The van der Waals surface area contributed by atoms with E-state index in [4.69, 9.17) is 15.7 Å². The number of esters is 1. The van der Waals surface area contributed by atoms with Gasteiger partial charge in [0, 0.05) is 12.7 Å². The minimum absolute atomic E-state index is 0.393. The first-order valence-corrected chi connectivity index (χ1v) is 6.29. The number of nitrogen functional groups attached to an aromatic ring is 1. The third kappa shape index (κ3) is 2.79. The second-order valence-electron chi connectivity index (χ2n) is 4.45. The highest BCUT2D eigenvalue weighted by Crippen LogP contribution is 2.33. The van der Waals surface area contributed by atoms with Gasteiger partial charge in [0.15, 0.2) is 0 Å². The van der Waals surface area contributed by atoms with Crippen LogP contribution in [0.3, 0.4) is 0 Å². The smallest absolute Gasteiger partial charge is 0.340 e. The Morgan fingerprint density at radius 2 is 1.90 bits per heavy atom. The van der Waals surface area contributed by atoms with Gasteiger partial charge >= 0.3 is 5.97 Å². The molecule has 0 bridgehead atoms. The van der Waals surface area contributed by atoms with Crippen LogP contribution in [-0.4, -0.2) is 20.1 Å². The van der Waals surface area contributed by atoms with Gasteiger partial charge in [-0.15, -0.1) is 0 Å². The zero-order valence-corrected chi connectivity index (χ0v) is 11.8. The average Bonchev–Trinajstić information content (AvgIpc) is 2.53. The Labute approximate surface area is 123 Å². The minimum Gasteiger partial charge on any atom is -0.465 e. The van der Waals surface area contributed by atoms with E-state index in [0.29, 0.717) is 22.5 Å². The standard InChI is InChI=1S/C16H15N3O2/c1-19(12-8-6-11(10-17)7-9-12)15-13(16(20)21-2)4-3-5-14(15)18/h3-9H,18H2,1-2H3. The van der Waals surface area contributed by atoms with Crippen molar-refractivity contribution in [3.63, 3.8) is 0 Å². The third-order valence-electron chi connectivity index (χ3n) is 3.19. The van der Waals surface area contributed by atoms with Crippen LogP contribution in [0.2, 0.25) is 0 Å². The molecule has 0 saturated heterocycles. The van der Waals surface area contributed by atoms with E-state index in [1.807, 2.05) is 0 Å². The molecule has 0 aliphatic heterocycles. The number of ether oxygens (including phenoxy) is 1. The predicted molar refractivity (Wildman–Crippen MR) is 81.4 cm³/mol. The van der Waals surface area contributed by atoms with Gasteiger partial charge in [-0.2, -0.15) is 5.26 Å². The summed E-state index contributed by atoms with van der Waals surface area (Å²) in [6, 6.07) is 14.2. The number of hydrogen-bond donors (Lipinski definition) is 1. The van der Waals surface area contributed by atoms with E-state index in [1.165, 1.54) is 7.11 Å². The second-order valence-corrected chi connectivity index (χ2v) is 4.45. The van der Waals surface area contributed by atoms with Crippen LogP contribution in [0.1, 0.15) is 15.9 Å². The number of benzene rings is 2. The molecule has 0 amide bonds. The van der Waals surface area contributed by atoms with Crippen molar-refractivity contribution in [3.05, 3.63) is 53.6 Å². The molecule has 0 radical (unpaired) electrons. The predicted octanol–water partition coefficient (Wildman–Crippen LogP) is 2.69. The largest absolute Gasteiger partial charge is 0.465 e. The van der Waals surface area contributed by atoms with E-state index < -0.39 is 5.97 Å². The van der Waals surface area contributed by atoms with E-state index in [1.54, 1.807) is 54.4 Å². The number of hydrogen-bond acceptors (Lipinski definition) is 5. The van der Waals surface area contributed by atoms with Gasteiger partial charge in [0.05, 0.1) is 35.7 Å². The third-order valence-corrected chi connectivity index (χ3v) is 3.19. The number of para-hydroxylation sites is 1. The number of rotatable bonds is 3. The highest BCUT2D eigenvalue weighted by Gasteiger charge is 2.18. The van der Waals surface area contributed by atoms with E-state index in [2.05, 4.69) is 6.07 Å². The monoisotopic (exact) mass is 281 g/mol. The molecule has 2 aromatic carbocycles. The molecule has 0 heterocycles. The molecule has 0 spiro atoms. The summed E-state index contributed by atoms with van der Waals surface area (Å²) in [6.07, 6.45) is 0. The van der Waals surface area contributed by atoms with Crippen LogP contribution < -0.4 is 10.6 Å².